The van der Waals surface area contributed by atoms with Crippen molar-refractivity contribution in [2.45, 2.75) is 5.25 Å². The quantitative estimate of drug-likeness (QED) is 0.284. The van der Waals surface area contributed by atoms with Gasteiger partial charge >= 0.3 is 17.2 Å². The standard InChI is InChI=1S/C15H7Br3F2O7S/c16-7-5-10(17)12(11(18)6-7)13(21)26-8-1-3-9(4-2-8)27-14(22)15(19,20)28(23,24)25/h1-6H,(H,23,24,25)/p-1. The molecule has 0 unspecified atom stereocenters. The fraction of sp³-hybridized carbons (Fsp3) is 0.0667. The van der Waals surface area contributed by atoms with E-state index in [0.29, 0.717) is 13.4 Å². The SMILES string of the molecule is O=C(Oc1ccc(OC(=O)C(F)(F)S(=O)(=O)[O-])cc1)c1c(Br)cc(Br)cc1Br. The molecule has 28 heavy (non-hydrogen) atoms. The zero-order valence-electron chi connectivity index (χ0n) is 13.1. The van der Waals surface area contributed by atoms with E-state index in [1.54, 1.807) is 12.1 Å². The van der Waals surface area contributed by atoms with E-state index < -0.39 is 33.1 Å². The van der Waals surface area contributed by atoms with E-state index in [9.17, 15) is 31.3 Å². The van der Waals surface area contributed by atoms with Crippen LogP contribution in [0.3, 0.4) is 0 Å². The topological polar surface area (TPSA) is 110 Å². The van der Waals surface area contributed by atoms with Crippen molar-refractivity contribution in [1.82, 2.24) is 0 Å². The summed E-state index contributed by atoms with van der Waals surface area (Å²) < 4.78 is 68.3. The van der Waals surface area contributed by atoms with Gasteiger partial charge in [0.2, 0.25) is 0 Å². The third-order valence-corrected chi connectivity index (χ3v) is 5.51. The number of carbonyl (C=O) groups is 2. The van der Waals surface area contributed by atoms with E-state index in [0.717, 1.165) is 24.3 Å². The highest BCUT2D eigenvalue weighted by molar-refractivity contribution is 9.11. The minimum atomic E-state index is -6.23. The fourth-order valence-corrected chi connectivity index (χ4v) is 4.57. The molecule has 2 rings (SSSR count). The van der Waals surface area contributed by atoms with Gasteiger partial charge in [0.15, 0.2) is 10.1 Å². The molecule has 13 heteroatoms. The van der Waals surface area contributed by atoms with Crippen LogP contribution in [0.1, 0.15) is 10.4 Å². The van der Waals surface area contributed by atoms with Crippen LogP contribution in [-0.2, 0) is 14.9 Å². The van der Waals surface area contributed by atoms with Gasteiger partial charge in [-0.15, -0.1) is 0 Å². The lowest BCUT2D eigenvalue weighted by atomic mass is 10.2. The highest BCUT2D eigenvalue weighted by Crippen LogP contribution is 2.31. The van der Waals surface area contributed by atoms with Gasteiger partial charge in [-0.05, 0) is 68.3 Å². The van der Waals surface area contributed by atoms with Crippen molar-refractivity contribution in [3.8, 4) is 11.5 Å². The molecule has 0 radical (unpaired) electrons. The summed E-state index contributed by atoms with van der Waals surface area (Å²) in [4.78, 5) is 23.5. The summed E-state index contributed by atoms with van der Waals surface area (Å²) >= 11 is 9.69. The molecule has 0 fully saturated rings. The van der Waals surface area contributed by atoms with E-state index in [4.69, 9.17) is 4.74 Å². The Hall–Kier alpha value is -1.41. The van der Waals surface area contributed by atoms with Crippen LogP contribution in [0.4, 0.5) is 8.78 Å². The number of benzene rings is 2. The van der Waals surface area contributed by atoms with Crippen LogP contribution in [0.25, 0.3) is 0 Å². The normalized spacial score (nSPS) is 11.8. The van der Waals surface area contributed by atoms with Gasteiger partial charge in [-0.25, -0.2) is 18.0 Å². The fourth-order valence-electron chi connectivity index (χ4n) is 1.74. The van der Waals surface area contributed by atoms with Crippen molar-refractivity contribution in [2.24, 2.45) is 0 Å². The van der Waals surface area contributed by atoms with E-state index in [1.807, 2.05) is 0 Å². The van der Waals surface area contributed by atoms with Crippen molar-refractivity contribution < 1.29 is 40.8 Å². The first kappa shape index (κ1) is 22.9. The average molecular weight is 608 g/mol. The Balaban J connectivity index is 2.14. The van der Waals surface area contributed by atoms with Crippen LogP contribution >= 0.6 is 47.8 Å². The second-order valence-electron chi connectivity index (χ2n) is 4.97. The van der Waals surface area contributed by atoms with Crippen LogP contribution in [0, 0.1) is 0 Å². The van der Waals surface area contributed by atoms with Gasteiger partial charge in [0.05, 0.1) is 5.56 Å². The molecule has 0 heterocycles. The van der Waals surface area contributed by atoms with Crippen LogP contribution in [0.5, 0.6) is 11.5 Å². The lowest BCUT2D eigenvalue weighted by Crippen LogP contribution is -2.40. The summed E-state index contributed by atoms with van der Waals surface area (Å²) in [5.41, 5.74) is 0.180. The molecule has 0 aliphatic heterocycles. The first-order valence-electron chi connectivity index (χ1n) is 6.85. The van der Waals surface area contributed by atoms with Crippen LogP contribution in [0.15, 0.2) is 49.8 Å². The Bertz CT molecular complexity index is 1020. The zero-order valence-corrected chi connectivity index (χ0v) is 18.7. The number of alkyl halides is 2. The molecular weight excluding hydrogens is 602 g/mol. The third-order valence-electron chi connectivity index (χ3n) is 3.01. The molecule has 0 aliphatic rings. The number of rotatable bonds is 5. The van der Waals surface area contributed by atoms with Gasteiger partial charge in [-0.3, -0.25) is 0 Å². The second kappa shape index (κ2) is 8.53. The number of hydrogen-bond acceptors (Lipinski definition) is 7. The van der Waals surface area contributed by atoms with Crippen LogP contribution in [0.2, 0.25) is 0 Å². The van der Waals surface area contributed by atoms with Crippen molar-refractivity contribution >= 4 is 69.8 Å². The molecule has 0 N–H and O–H groups in total. The van der Waals surface area contributed by atoms with Crippen LogP contribution in [-0.4, -0.2) is 30.2 Å². The maximum absolute atomic E-state index is 13.1. The third kappa shape index (κ3) is 5.14. The predicted octanol–water partition coefficient (Wildman–Crippen LogP) is 4.24. The van der Waals surface area contributed by atoms with Gasteiger partial charge in [-0.2, -0.15) is 8.78 Å². The predicted molar refractivity (Wildman–Crippen MR) is 101 cm³/mol. The van der Waals surface area contributed by atoms with E-state index >= 15 is 0 Å². The molecule has 0 aromatic heterocycles. The van der Waals surface area contributed by atoms with E-state index in [1.165, 1.54) is 0 Å². The monoisotopic (exact) mass is 605 g/mol. The average Bonchev–Trinajstić information content (AvgIpc) is 2.54. The number of halogens is 5. The Morgan fingerprint density at radius 1 is 0.929 bits per heavy atom. The van der Waals surface area contributed by atoms with Crippen molar-refractivity contribution in [1.29, 1.82) is 0 Å². The summed E-state index contributed by atoms with van der Waals surface area (Å²) in [7, 11) is -6.23. The molecule has 2 aromatic rings. The first-order valence-corrected chi connectivity index (χ1v) is 10.6. The zero-order chi connectivity index (χ0) is 21.3. The first-order chi connectivity index (χ1) is 12.8. The Kier molecular flexibility index (Phi) is 6.97. The Morgan fingerprint density at radius 2 is 1.36 bits per heavy atom. The molecule has 2 aromatic carbocycles. The lowest BCUT2D eigenvalue weighted by molar-refractivity contribution is -0.151. The summed E-state index contributed by atoms with van der Waals surface area (Å²) in [5, 5.41) is -5.24. The van der Waals surface area contributed by atoms with Crippen molar-refractivity contribution in [2.75, 3.05) is 0 Å². The molecule has 0 amide bonds. The van der Waals surface area contributed by atoms with Gasteiger partial charge in [0.1, 0.15) is 11.5 Å². The molecule has 0 saturated heterocycles. The Labute approximate surface area is 182 Å². The number of carbonyl (C=O) groups excluding carboxylic acids is 2. The molecule has 0 aliphatic carbocycles. The van der Waals surface area contributed by atoms with Crippen molar-refractivity contribution in [3.63, 3.8) is 0 Å². The van der Waals surface area contributed by atoms with E-state index in [-0.39, 0.29) is 11.3 Å². The molecule has 0 atom stereocenters. The number of ether oxygens (including phenoxy) is 2. The van der Waals surface area contributed by atoms with Gasteiger partial charge in [0.25, 0.3) is 0 Å². The summed E-state index contributed by atoms with van der Waals surface area (Å²) in [6.07, 6.45) is 0. The molecule has 150 valence electrons. The molecule has 0 spiro atoms. The van der Waals surface area contributed by atoms with Crippen LogP contribution < -0.4 is 9.47 Å². The molecule has 7 nitrogen and oxygen atoms in total. The highest BCUT2D eigenvalue weighted by atomic mass is 79.9. The maximum Gasteiger partial charge on any atom is 0.429 e. The number of hydrogen-bond donors (Lipinski definition) is 0. The molecule has 0 saturated carbocycles. The molecular formula is C15H6Br3F2O7S-. The molecule has 0 bridgehead atoms. The number of esters is 2. The maximum atomic E-state index is 13.1. The largest absolute Gasteiger partial charge is 0.743 e. The lowest BCUT2D eigenvalue weighted by Gasteiger charge is -2.17. The van der Waals surface area contributed by atoms with Crippen molar-refractivity contribution in [3.05, 3.63) is 55.4 Å². The smallest absolute Gasteiger partial charge is 0.429 e. The summed E-state index contributed by atoms with van der Waals surface area (Å²) in [5.74, 6) is -3.80. The van der Waals surface area contributed by atoms with Gasteiger partial charge in [-0.1, -0.05) is 15.9 Å². The summed E-state index contributed by atoms with van der Waals surface area (Å²) in [6.45, 7) is 0. The van der Waals surface area contributed by atoms with Gasteiger partial charge in [0, 0.05) is 13.4 Å². The van der Waals surface area contributed by atoms with Gasteiger partial charge < -0.3 is 14.0 Å². The summed E-state index contributed by atoms with van der Waals surface area (Å²) in [6, 6.07) is 7.41. The minimum Gasteiger partial charge on any atom is -0.743 e. The Morgan fingerprint density at radius 3 is 1.79 bits per heavy atom. The highest BCUT2D eigenvalue weighted by Gasteiger charge is 2.48. The van der Waals surface area contributed by atoms with E-state index in [2.05, 4.69) is 52.5 Å². The minimum absolute atomic E-state index is 0.0188. The second-order valence-corrected chi connectivity index (χ2v) is 9.01.